The van der Waals surface area contributed by atoms with Crippen LogP contribution in [0.5, 0.6) is 5.75 Å². The summed E-state index contributed by atoms with van der Waals surface area (Å²) in [6.07, 6.45) is 2.77. The number of carbonyl (C=O) groups is 1. The van der Waals surface area contributed by atoms with E-state index in [0.717, 1.165) is 0 Å². The summed E-state index contributed by atoms with van der Waals surface area (Å²) in [7, 11) is 0. The average molecular weight is 455 g/mol. The number of aromatic nitrogens is 2. The van der Waals surface area contributed by atoms with Gasteiger partial charge >= 0.3 is 0 Å². The van der Waals surface area contributed by atoms with Gasteiger partial charge in [0.2, 0.25) is 5.91 Å². The molecule has 1 N–H and O–H groups in total. The molecule has 2 aliphatic heterocycles. The monoisotopic (exact) mass is 454 g/mol. The van der Waals surface area contributed by atoms with E-state index < -0.39 is 5.82 Å². The number of hydrogen-bond acceptors (Lipinski definition) is 6. The minimum atomic E-state index is -0.463. The van der Waals surface area contributed by atoms with Gasteiger partial charge in [0.05, 0.1) is 28.6 Å². The molecule has 1 amide bonds. The van der Waals surface area contributed by atoms with E-state index in [0.29, 0.717) is 53.2 Å². The lowest BCUT2D eigenvalue weighted by atomic mass is 10.00. The quantitative estimate of drug-likeness (QED) is 0.612. The predicted molar refractivity (Wildman–Crippen MR) is 119 cm³/mol. The lowest BCUT2D eigenvalue weighted by molar-refractivity contribution is -0.126. The fraction of sp³-hybridized carbons (Fsp3) is 0.261. The lowest BCUT2D eigenvalue weighted by Crippen LogP contribution is -2.56. The van der Waals surface area contributed by atoms with Gasteiger partial charge in [0.1, 0.15) is 24.6 Å². The summed E-state index contributed by atoms with van der Waals surface area (Å²) < 4.78 is 20.9. The normalized spacial score (nSPS) is 17.5. The van der Waals surface area contributed by atoms with Crippen LogP contribution in [0.4, 0.5) is 10.2 Å². The fourth-order valence-electron chi connectivity index (χ4n) is 4.36. The molecule has 0 unspecified atom stereocenters. The van der Waals surface area contributed by atoms with Gasteiger partial charge in [-0.05, 0) is 29.8 Å². The summed E-state index contributed by atoms with van der Waals surface area (Å²) >= 11 is 6.76. The number of hydrogen-bond donors (Lipinski definition) is 1. The minimum absolute atomic E-state index is 0.126. The molecular formula is C23H20ClFN4O3. The van der Waals surface area contributed by atoms with E-state index in [2.05, 4.69) is 21.4 Å². The number of aliphatic hydroxyl groups excluding tert-OH is 1. The molecule has 0 aliphatic carbocycles. The Bertz CT molecular complexity index is 1250. The molecule has 0 saturated carbocycles. The highest BCUT2D eigenvalue weighted by molar-refractivity contribution is 6.36. The molecule has 9 heteroatoms. The Kier molecular flexibility index (Phi) is 5.19. The second kappa shape index (κ2) is 8.03. The largest absolute Gasteiger partial charge is 0.489 e. The molecule has 5 rings (SSSR count). The van der Waals surface area contributed by atoms with Crippen LogP contribution in [0.3, 0.4) is 0 Å². The predicted octanol–water partition coefficient (Wildman–Crippen LogP) is 3.18. The van der Waals surface area contributed by atoms with Gasteiger partial charge in [-0.3, -0.25) is 4.79 Å². The van der Waals surface area contributed by atoms with Gasteiger partial charge in [-0.2, -0.15) is 0 Å². The van der Waals surface area contributed by atoms with E-state index in [9.17, 15) is 14.3 Å². The molecule has 3 aromatic rings. The van der Waals surface area contributed by atoms with E-state index in [1.165, 1.54) is 24.5 Å². The van der Waals surface area contributed by atoms with E-state index in [1.54, 1.807) is 17.0 Å². The maximum absolute atomic E-state index is 14.7. The number of anilines is 1. The number of ether oxygens (including phenoxy) is 1. The lowest BCUT2D eigenvalue weighted by Gasteiger charge is -2.40. The third kappa shape index (κ3) is 3.27. The number of rotatable bonds is 3. The molecule has 2 aromatic carbocycles. The second-order valence-corrected chi connectivity index (χ2v) is 8.16. The number of benzene rings is 2. The highest BCUT2D eigenvalue weighted by Crippen LogP contribution is 2.46. The molecule has 1 aromatic heterocycles. The summed E-state index contributed by atoms with van der Waals surface area (Å²) in [4.78, 5) is 24.9. The van der Waals surface area contributed by atoms with Crippen molar-refractivity contribution in [2.45, 2.75) is 12.6 Å². The highest BCUT2D eigenvalue weighted by atomic mass is 35.5. The Morgan fingerprint density at radius 3 is 2.94 bits per heavy atom. The van der Waals surface area contributed by atoms with Crippen LogP contribution in [-0.4, -0.2) is 58.2 Å². The van der Waals surface area contributed by atoms with Gasteiger partial charge in [-0.1, -0.05) is 24.2 Å². The first-order valence-electron chi connectivity index (χ1n) is 10.2. The van der Waals surface area contributed by atoms with Crippen molar-refractivity contribution in [3.8, 4) is 16.9 Å². The van der Waals surface area contributed by atoms with Crippen LogP contribution >= 0.6 is 11.6 Å². The zero-order valence-electron chi connectivity index (χ0n) is 17.1. The third-order valence-corrected chi connectivity index (χ3v) is 6.34. The van der Waals surface area contributed by atoms with E-state index in [1.807, 2.05) is 0 Å². The summed E-state index contributed by atoms with van der Waals surface area (Å²) in [6.45, 7) is 5.20. The van der Waals surface area contributed by atoms with Crippen molar-refractivity contribution in [3.05, 3.63) is 59.7 Å². The zero-order chi connectivity index (χ0) is 22.4. The smallest absolute Gasteiger partial charge is 0.246 e. The zero-order valence-corrected chi connectivity index (χ0v) is 17.8. The van der Waals surface area contributed by atoms with Crippen molar-refractivity contribution in [1.82, 2.24) is 14.9 Å². The molecule has 1 fully saturated rings. The van der Waals surface area contributed by atoms with Crippen LogP contribution in [-0.2, 0) is 11.4 Å². The molecule has 0 radical (unpaired) electrons. The molecular weight excluding hydrogens is 435 g/mol. The van der Waals surface area contributed by atoms with Crippen molar-refractivity contribution in [2.75, 3.05) is 31.1 Å². The van der Waals surface area contributed by atoms with E-state index >= 15 is 0 Å². The number of amides is 1. The third-order valence-electron chi connectivity index (χ3n) is 5.97. The van der Waals surface area contributed by atoms with Crippen LogP contribution in [0.1, 0.15) is 5.56 Å². The van der Waals surface area contributed by atoms with Crippen LogP contribution in [0.2, 0.25) is 5.02 Å². The Morgan fingerprint density at radius 2 is 2.16 bits per heavy atom. The number of halogens is 2. The molecule has 1 saturated heterocycles. The first-order valence-corrected chi connectivity index (χ1v) is 10.6. The maximum atomic E-state index is 14.7. The second-order valence-electron chi connectivity index (χ2n) is 7.78. The number of piperazine rings is 1. The van der Waals surface area contributed by atoms with Crippen LogP contribution in [0.15, 0.2) is 43.2 Å². The molecule has 0 bridgehead atoms. The molecule has 3 heterocycles. The van der Waals surface area contributed by atoms with Crippen LogP contribution < -0.4 is 9.64 Å². The molecule has 0 spiro atoms. The standard InChI is InChI=1S/C23H20ClFN4O3/c1-2-19(31)28-5-6-29-14(9-28)11-32-22-20-18(26-12-27-23(20)29)8-16(21(22)24)15-7-13(10-30)3-4-17(15)25/h2-4,7-8,12,14,30H,1,5-6,9-11H2/t14-/m0/s1. The summed E-state index contributed by atoms with van der Waals surface area (Å²) in [5.41, 5.74) is 1.82. The Balaban J connectivity index is 1.65. The molecule has 2 aliphatic rings. The van der Waals surface area contributed by atoms with Gasteiger partial charge in [0.15, 0.2) is 5.75 Å². The van der Waals surface area contributed by atoms with Gasteiger partial charge in [-0.25, -0.2) is 14.4 Å². The molecule has 1 atom stereocenters. The topological polar surface area (TPSA) is 78.8 Å². The SMILES string of the molecule is C=CC(=O)N1CCN2c3ncnc4cc(-c5cc(CO)ccc5F)c(Cl)c(c34)OC[C@@H]2C1. The van der Waals surface area contributed by atoms with Crippen molar-refractivity contribution >= 4 is 34.2 Å². The Hall–Kier alpha value is -3.23. The molecule has 32 heavy (non-hydrogen) atoms. The van der Waals surface area contributed by atoms with Crippen molar-refractivity contribution in [2.24, 2.45) is 0 Å². The van der Waals surface area contributed by atoms with Crippen LogP contribution in [0, 0.1) is 5.82 Å². The van der Waals surface area contributed by atoms with Crippen LogP contribution in [0.25, 0.3) is 22.0 Å². The summed E-state index contributed by atoms with van der Waals surface area (Å²) in [6, 6.07) is 5.97. The fourth-order valence-corrected chi connectivity index (χ4v) is 4.67. The number of nitrogens with zero attached hydrogens (tertiary/aromatic N) is 4. The summed E-state index contributed by atoms with van der Waals surface area (Å²) in [5, 5.41) is 10.4. The first kappa shape index (κ1) is 20.7. The maximum Gasteiger partial charge on any atom is 0.246 e. The van der Waals surface area contributed by atoms with Gasteiger partial charge in [0, 0.05) is 30.8 Å². The number of aliphatic hydroxyl groups is 1. The van der Waals surface area contributed by atoms with Gasteiger partial charge in [-0.15, -0.1) is 0 Å². The molecule has 7 nitrogen and oxygen atoms in total. The van der Waals surface area contributed by atoms with E-state index in [-0.39, 0.29) is 35.7 Å². The van der Waals surface area contributed by atoms with Crippen molar-refractivity contribution < 1.29 is 19.0 Å². The Morgan fingerprint density at radius 1 is 1.31 bits per heavy atom. The van der Waals surface area contributed by atoms with Gasteiger partial charge < -0.3 is 19.6 Å². The highest BCUT2D eigenvalue weighted by Gasteiger charge is 2.35. The van der Waals surface area contributed by atoms with Gasteiger partial charge in [0.25, 0.3) is 0 Å². The van der Waals surface area contributed by atoms with E-state index in [4.69, 9.17) is 16.3 Å². The van der Waals surface area contributed by atoms with Crippen molar-refractivity contribution in [1.29, 1.82) is 0 Å². The average Bonchev–Trinajstić information content (AvgIpc) is 2.99. The number of fused-ring (bicyclic) bond motifs is 2. The molecule has 164 valence electrons. The number of carbonyl (C=O) groups excluding carboxylic acids is 1. The first-order chi connectivity index (χ1) is 15.5. The summed E-state index contributed by atoms with van der Waals surface area (Å²) in [5.74, 6) is 0.476. The minimum Gasteiger partial charge on any atom is -0.489 e. The Labute approximate surface area is 188 Å². The van der Waals surface area contributed by atoms with Crippen molar-refractivity contribution in [3.63, 3.8) is 0 Å².